The second-order valence-electron chi connectivity index (χ2n) is 4.13. The first-order chi connectivity index (χ1) is 7.54. The molecular weight excluding hydrogens is 206 g/mol. The van der Waals surface area contributed by atoms with Crippen LogP contribution in [0.4, 0.5) is 0 Å². The van der Waals surface area contributed by atoms with Gasteiger partial charge >= 0.3 is 5.97 Å². The average Bonchev–Trinajstić information content (AvgIpc) is 2.73. The molecule has 0 aliphatic rings. The maximum Gasteiger partial charge on any atom is 0.371 e. The Morgan fingerprint density at radius 1 is 1.50 bits per heavy atom. The molecule has 2 unspecified atom stereocenters. The zero-order chi connectivity index (χ0) is 12.1. The third-order valence-electron chi connectivity index (χ3n) is 2.97. The molecule has 90 valence electrons. The van der Waals surface area contributed by atoms with Gasteiger partial charge in [0.05, 0.1) is 6.54 Å². The van der Waals surface area contributed by atoms with Crippen molar-refractivity contribution >= 4 is 5.97 Å². The van der Waals surface area contributed by atoms with Crippen molar-refractivity contribution in [1.29, 1.82) is 0 Å². The predicted molar refractivity (Wildman–Crippen MR) is 61.4 cm³/mol. The number of hydrogen-bond acceptors (Lipinski definition) is 3. The van der Waals surface area contributed by atoms with Crippen molar-refractivity contribution in [2.75, 3.05) is 0 Å². The van der Waals surface area contributed by atoms with E-state index in [9.17, 15) is 4.79 Å². The van der Waals surface area contributed by atoms with Crippen LogP contribution >= 0.6 is 0 Å². The number of carboxylic acids is 1. The van der Waals surface area contributed by atoms with E-state index >= 15 is 0 Å². The van der Waals surface area contributed by atoms with Crippen LogP contribution < -0.4 is 5.32 Å². The Morgan fingerprint density at radius 2 is 2.19 bits per heavy atom. The van der Waals surface area contributed by atoms with Gasteiger partial charge in [-0.05, 0) is 25.0 Å². The van der Waals surface area contributed by atoms with Crippen molar-refractivity contribution in [1.82, 2.24) is 5.32 Å². The molecule has 4 heteroatoms. The van der Waals surface area contributed by atoms with Gasteiger partial charge in [0, 0.05) is 6.04 Å². The molecule has 0 saturated heterocycles. The lowest BCUT2D eigenvalue weighted by atomic mass is 10.0. The highest BCUT2D eigenvalue weighted by Gasteiger charge is 2.12. The lowest BCUT2D eigenvalue weighted by Crippen LogP contribution is -2.31. The van der Waals surface area contributed by atoms with Gasteiger partial charge in [-0.3, -0.25) is 0 Å². The molecule has 1 aromatic heterocycles. The summed E-state index contributed by atoms with van der Waals surface area (Å²) in [7, 11) is 0. The van der Waals surface area contributed by atoms with Gasteiger partial charge in [0.2, 0.25) is 5.76 Å². The van der Waals surface area contributed by atoms with Crippen LogP contribution in [0.2, 0.25) is 0 Å². The summed E-state index contributed by atoms with van der Waals surface area (Å²) in [6, 6.07) is 3.57. The van der Waals surface area contributed by atoms with E-state index in [0.717, 1.165) is 6.42 Å². The number of hydrogen-bond donors (Lipinski definition) is 2. The number of rotatable bonds is 6. The predicted octanol–water partition coefficient (Wildman–Crippen LogP) is 2.50. The topological polar surface area (TPSA) is 62.5 Å². The minimum atomic E-state index is -1.03. The molecule has 0 aliphatic heterocycles. The van der Waals surface area contributed by atoms with Gasteiger partial charge in [-0.1, -0.05) is 20.3 Å². The fourth-order valence-corrected chi connectivity index (χ4v) is 1.40. The Labute approximate surface area is 95.7 Å². The first-order valence-corrected chi connectivity index (χ1v) is 5.60. The first-order valence-electron chi connectivity index (χ1n) is 5.60. The molecule has 0 amide bonds. The first kappa shape index (κ1) is 12.8. The average molecular weight is 225 g/mol. The molecule has 0 aromatic carbocycles. The lowest BCUT2D eigenvalue weighted by Gasteiger charge is -2.19. The summed E-state index contributed by atoms with van der Waals surface area (Å²) in [6.07, 6.45) is 1.12. The van der Waals surface area contributed by atoms with Gasteiger partial charge in [0.25, 0.3) is 0 Å². The molecule has 0 fully saturated rings. The molecule has 1 aromatic rings. The van der Waals surface area contributed by atoms with Gasteiger partial charge < -0.3 is 14.8 Å². The smallest absolute Gasteiger partial charge is 0.371 e. The van der Waals surface area contributed by atoms with E-state index in [1.165, 1.54) is 6.07 Å². The van der Waals surface area contributed by atoms with Crippen molar-refractivity contribution in [2.45, 2.75) is 39.8 Å². The second kappa shape index (κ2) is 5.70. The molecule has 0 saturated carbocycles. The van der Waals surface area contributed by atoms with E-state index in [1.54, 1.807) is 6.07 Å². The highest BCUT2D eigenvalue weighted by molar-refractivity contribution is 5.84. The van der Waals surface area contributed by atoms with Crippen LogP contribution in [-0.2, 0) is 6.54 Å². The van der Waals surface area contributed by atoms with Gasteiger partial charge in [0.15, 0.2) is 0 Å². The minimum Gasteiger partial charge on any atom is -0.475 e. The third kappa shape index (κ3) is 3.38. The minimum absolute atomic E-state index is 0.00649. The lowest BCUT2D eigenvalue weighted by molar-refractivity contribution is 0.0660. The van der Waals surface area contributed by atoms with Crippen LogP contribution in [0, 0.1) is 5.92 Å². The summed E-state index contributed by atoms with van der Waals surface area (Å²) in [5.41, 5.74) is 0. The molecular formula is C12H19NO3. The molecule has 4 nitrogen and oxygen atoms in total. The Bertz CT molecular complexity index is 346. The fourth-order valence-electron chi connectivity index (χ4n) is 1.40. The number of nitrogens with one attached hydrogen (secondary N) is 1. The van der Waals surface area contributed by atoms with Crippen molar-refractivity contribution in [2.24, 2.45) is 5.92 Å². The van der Waals surface area contributed by atoms with E-state index in [1.807, 2.05) is 0 Å². The normalized spacial score (nSPS) is 14.7. The summed E-state index contributed by atoms with van der Waals surface area (Å²) in [5.74, 6) is 0.218. The highest BCUT2D eigenvalue weighted by Crippen LogP contribution is 2.10. The SMILES string of the molecule is CCC(C)C(C)NCc1ccc(C(=O)O)o1. The molecule has 0 radical (unpaired) electrons. The largest absolute Gasteiger partial charge is 0.475 e. The van der Waals surface area contributed by atoms with Crippen molar-refractivity contribution < 1.29 is 14.3 Å². The molecule has 0 spiro atoms. The van der Waals surface area contributed by atoms with Crippen molar-refractivity contribution in [3.63, 3.8) is 0 Å². The van der Waals surface area contributed by atoms with Crippen molar-refractivity contribution in [3.05, 3.63) is 23.7 Å². The van der Waals surface area contributed by atoms with Crippen LogP contribution in [0.25, 0.3) is 0 Å². The Hall–Kier alpha value is -1.29. The van der Waals surface area contributed by atoms with E-state index < -0.39 is 5.97 Å². The van der Waals surface area contributed by atoms with Crippen molar-refractivity contribution in [3.8, 4) is 0 Å². The van der Waals surface area contributed by atoms with Gasteiger partial charge in [0.1, 0.15) is 5.76 Å². The maximum atomic E-state index is 10.6. The van der Waals surface area contributed by atoms with Gasteiger partial charge in [-0.2, -0.15) is 0 Å². The van der Waals surface area contributed by atoms with E-state index in [-0.39, 0.29) is 5.76 Å². The number of furan rings is 1. The van der Waals surface area contributed by atoms with Crippen LogP contribution in [0.15, 0.2) is 16.5 Å². The van der Waals surface area contributed by atoms with Crippen LogP contribution in [-0.4, -0.2) is 17.1 Å². The fraction of sp³-hybridized carbons (Fsp3) is 0.583. The molecule has 0 aliphatic carbocycles. The maximum absolute atomic E-state index is 10.6. The summed E-state index contributed by atoms with van der Waals surface area (Å²) in [4.78, 5) is 10.6. The van der Waals surface area contributed by atoms with E-state index in [2.05, 4.69) is 26.1 Å². The second-order valence-corrected chi connectivity index (χ2v) is 4.13. The molecule has 16 heavy (non-hydrogen) atoms. The summed E-state index contributed by atoms with van der Waals surface area (Å²) in [5, 5.41) is 12.0. The van der Waals surface area contributed by atoms with Crippen LogP contribution in [0.1, 0.15) is 43.5 Å². The van der Waals surface area contributed by atoms with Gasteiger partial charge in [-0.25, -0.2) is 4.79 Å². The number of aromatic carboxylic acids is 1. The Kier molecular flexibility index (Phi) is 4.55. The van der Waals surface area contributed by atoms with Crippen LogP contribution in [0.3, 0.4) is 0 Å². The molecule has 1 heterocycles. The summed E-state index contributed by atoms with van der Waals surface area (Å²) >= 11 is 0. The zero-order valence-corrected chi connectivity index (χ0v) is 9.99. The zero-order valence-electron chi connectivity index (χ0n) is 9.99. The number of carboxylic acid groups (broad SMARTS) is 1. The third-order valence-corrected chi connectivity index (χ3v) is 2.97. The van der Waals surface area contributed by atoms with E-state index in [4.69, 9.17) is 9.52 Å². The molecule has 0 bridgehead atoms. The molecule has 2 atom stereocenters. The molecule has 1 rings (SSSR count). The highest BCUT2D eigenvalue weighted by atomic mass is 16.4. The van der Waals surface area contributed by atoms with Gasteiger partial charge in [-0.15, -0.1) is 0 Å². The summed E-state index contributed by atoms with van der Waals surface area (Å²) < 4.78 is 5.15. The molecule has 2 N–H and O–H groups in total. The summed E-state index contributed by atoms with van der Waals surface area (Å²) in [6.45, 7) is 7.02. The quantitative estimate of drug-likeness (QED) is 0.780. The van der Waals surface area contributed by atoms with E-state index in [0.29, 0.717) is 24.3 Å². The Balaban J connectivity index is 2.45. The number of carbonyl (C=O) groups is 1. The monoisotopic (exact) mass is 225 g/mol. The Morgan fingerprint density at radius 3 is 2.69 bits per heavy atom. The standard InChI is InChI=1S/C12H19NO3/c1-4-8(2)9(3)13-7-10-5-6-11(16-10)12(14)15/h5-6,8-9,13H,4,7H2,1-3H3,(H,14,15). The van der Waals surface area contributed by atoms with Crippen LogP contribution in [0.5, 0.6) is 0 Å².